The SMILES string of the molecule is CCOc1ccc(NC2=C(c3ccc(C)c(C)c3)C(=O)N(c3ccc(F)cc3F)C2=O)cc1. The topological polar surface area (TPSA) is 58.6 Å². The van der Waals surface area contributed by atoms with Crippen molar-refractivity contribution in [2.24, 2.45) is 0 Å². The van der Waals surface area contributed by atoms with Crippen molar-refractivity contribution in [1.82, 2.24) is 0 Å². The molecule has 0 unspecified atom stereocenters. The summed E-state index contributed by atoms with van der Waals surface area (Å²) in [7, 11) is 0. The van der Waals surface area contributed by atoms with Crippen LogP contribution in [0, 0.1) is 25.5 Å². The van der Waals surface area contributed by atoms with Crippen LogP contribution in [-0.2, 0) is 9.59 Å². The lowest BCUT2D eigenvalue weighted by molar-refractivity contribution is -0.120. The van der Waals surface area contributed by atoms with Gasteiger partial charge in [0, 0.05) is 11.8 Å². The molecule has 0 aromatic heterocycles. The predicted octanol–water partition coefficient (Wildman–Crippen LogP) is 5.38. The fourth-order valence-electron chi connectivity index (χ4n) is 3.64. The third-order valence-corrected chi connectivity index (χ3v) is 5.46. The van der Waals surface area contributed by atoms with Crippen molar-refractivity contribution in [1.29, 1.82) is 0 Å². The summed E-state index contributed by atoms with van der Waals surface area (Å²) in [4.78, 5) is 27.5. The van der Waals surface area contributed by atoms with E-state index in [1.54, 1.807) is 36.4 Å². The molecule has 0 aliphatic carbocycles. The van der Waals surface area contributed by atoms with Crippen LogP contribution >= 0.6 is 0 Å². The minimum atomic E-state index is -1.00. The van der Waals surface area contributed by atoms with Gasteiger partial charge in [0.05, 0.1) is 17.9 Å². The van der Waals surface area contributed by atoms with Crippen molar-refractivity contribution in [2.75, 3.05) is 16.8 Å². The standard InChI is InChI=1S/C26H22F2N2O3/c1-4-33-20-10-8-19(9-11-20)29-24-23(17-6-5-15(2)16(3)13-17)25(31)30(26(24)32)22-12-7-18(27)14-21(22)28/h5-14,29H,4H2,1-3H3. The molecule has 0 spiro atoms. The number of anilines is 2. The van der Waals surface area contributed by atoms with E-state index in [0.717, 1.165) is 28.2 Å². The van der Waals surface area contributed by atoms with Gasteiger partial charge in [-0.15, -0.1) is 0 Å². The molecule has 3 aromatic carbocycles. The van der Waals surface area contributed by atoms with E-state index < -0.39 is 23.4 Å². The number of benzene rings is 3. The molecule has 3 aromatic rings. The number of carbonyl (C=O) groups is 2. The third kappa shape index (κ3) is 4.22. The molecule has 4 rings (SSSR count). The normalized spacial score (nSPS) is 13.7. The Balaban J connectivity index is 1.81. The van der Waals surface area contributed by atoms with Crippen LogP contribution < -0.4 is 15.0 Å². The molecule has 0 fully saturated rings. The first-order chi connectivity index (χ1) is 15.8. The van der Waals surface area contributed by atoms with E-state index in [1.165, 1.54) is 0 Å². The number of nitrogens with one attached hydrogen (secondary N) is 1. The largest absolute Gasteiger partial charge is 0.494 e. The number of amides is 2. The number of nitrogens with zero attached hydrogens (tertiary/aromatic N) is 1. The van der Waals surface area contributed by atoms with Crippen molar-refractivity contribution < 1.29 is 23.1 Å². The molecule has 0 saturated heterocycles. The van der Waals surface area contributed by atoms with Crippen LogP contribution in [0.2, 0.25) is 0 Å². The molecule has 0 bridgehead atoms. The van der Waals surface area contributed by atoms with E-state index in [0.29, 0.717) is 29.7 Å². The number of hydrogen-bond acceptors (Lipinski definition) is 4. The van der Waals surface area contributed by atoms with E-state index in [2.05, 4.69) is 5.32 Å². The summed E-state index contributed by atoms with van der Waals surface area (Å²) in [6.07, 6.45) is 0. The first kappa shape index (κ1) is 22.2. The van der Waals surface area contributed by atoms with Gasteiger partial charge in [0.2, 0.25) is 0 Å². The predicted molar refractivity (Wildman–Crippen MR) is 123 cm³/mol. The molecule has 168 valence electrons. The first-order valence-electron chi connectivity index (χ1n) is 10.5. The first-order valence-corrected chi connectivity index (χ1v) is 10.5. The van der Waals surface area contributed by atoms with Gasteiger partial charge in [-0.3, -0.25) is 9.59 Å². The zero-order valence-corrected chi connectivity index (χ0v) is 18.4. The van der Waals surface area contributed by atoms with Crippen molar-refractivity contribution in [3.8, 4) is 5.75 Å². The Morgan fingerprint density at radius 3 is 2.24 bits per heavy atom. The summed E-state index contributed by atoms with van der Waals surface area (Å²) < 4.78 is 33.4. The summed E-state index contributed by atoms with van der Waals surface area (Å²) >= 11 is 0. The molecule has 33 heavy (non-hydrogen) atoms. The molecule has 1 N–H and O–H groups in total. The van der Waals surface area contributed by atoms with Gasteiger partial charge in [0.15, 0.2) is 0 Å². The minimum Gasteiger partial charge on any atom is -0.494 e. The third-order valence-electron chi connectivity index (χ3n) is 5.46. The number of ether oxygens (including phenoxy) is 1. The molecule has 0 atom stereocenters. The van der Waals surface area contributed by atoms with Crippen molar-refractivity contribution in [2.45, 2.75) is 20.8 Å². The molecule has 2 amide bonds. The van der Waals surface area contributed by atoms with Crippen LogP contribution in [-0.4, -0.2) is 18.4 Å². The average Bonchev–Trinajstić information content (AvgIpc) is 3.01. The molecular weight excluding hydrogens is 426 g/mol. The maximum atomic E-state index is 14.5. The van der Waals surface area contributed by atoms with Gasteiger partial charge in [0.25, 0.3) is 11.8 Å². The molecule has 1 aliphatic heterocycles. The van der Waals surface area contributed by atoms with Crippen LogP contribution in [0.3, 0.4) is 0 Å². The second-order valence-electron chi connectivity index (χ2n) is 7.67. The fraction of sp³-hybridized carbons (Fsp3) is 0.154. The van der Waals surface area contributed by atoms with E-state index in [1.807, 2.05) is 26.8 Å². The molecular formula is C26H22F2N2O3. The van der Waals surface area contributed by atoms with Gasteiger partial charge in [0.1, 0.15) is 23.1 Å². The van der Waals surface area contributed by atoms with E-state index in [4.69, 9.17) is 4.74 Å². The second-order valence-corrected chi connectivity index (χ2v) is 7.67. The maximum Gasteiger partial charge on any atom is 0.282 e. The van der Waals surface area contributed by atoms with Gasteiger partial charge in [-0.25, -0.2) is 13.7 Å². The zero-order chi connectivity index (χ0) is 23.7. The number of hydrogen-bond donors (Lipinski definition) is 1. The average molecular weight is 448 g/mol. The Morgan fingerprint density at radius 2 is 1.61 bits per heavy atom. The summed E-state index contributed by atoms with van der Waals surface area (Å²) in [6.45, 7) is 6.23. The van der Waals surface area contributed by atoms with Crippen LogP contribution in [0.15, 0.2) is 66.4 Å². The summed E-state index contributed by atoms with van der Waals surface area (Å²) in [6, 6.07) is 15.0. The van der Waals surface area contributed by atoms with Gasteiger partial charge in [-0.2, -0.15) is 0 Å². The molecule has 0 radical (unpaired) electrons. The van der Waals surface area contributed by atoms with Crippen molar-refractivity contribution in [3.63, 3.8) is 0 Å². The van der Waals surface area contributed by atoms with E-state index >= 15 is 0 Å². The highest BCUT2D eigenvalue weighted by atomic mass is 19.1. The Morgan fingerprint density at radius 1 is 0.879 bits per heavy atom. The summed E-state index contributed by atoms with van der Waals surface area (Å²) in [5.41, 5.74) is 2.85. The summed E-state index contributed by atoms with van der Waals surface area (Å²) in [5.74, 6) is -2.56. The van der Waals surface area contributed by atoms with E-state index in [-0.39, 0.29) is 17.0 Å². The molecule has 1 aliphatic rings. The lowest BCUT2D eigenvalue weighted by Crippen LogP contribution is -2.33. The highest BCUT2D eigenvalue weighted by Crippen LogP contribution is 2.35. The number of rotatable bonds is 6. The fourth-order valence-corrected chi connectivity index (χ4v) is 3.64. The quantitative estimate of drug-likeness (QED) is 0.515. The van der Waals surface area contributed by atoms with Gasteiger partial charge in [-0.05, 0) is 73.9 Å². The van der Waals surface area contributed by atoms with Gasteiger partial charge in [-0.1, -0.05) is 18.2 Å². The number of halogens is 2. The molecule has 7 heteroatoms. The number of carbonyl (C=O) groups excluding carboxylic acids is 2. The summed E-state index contributed by atoms with van der Waals surface area (Å²) in [5, 5.41) is 3.02. The highest BCUT2D eigenvalue weighted by molar-refractivity contribution is 6.46. The van der Waals surface area contributed by atoms with E-state index in [9.17, 15) is 18.4 Å². The molecule has 5 nitrogen and oxygen atoms in total. The maximum absolute atomic E-state index is 14.5. The van der Waals surface area contributed by atoms with Crippen molar-refractivity contribution >= 4 is 28.8 Å². The van der Waals surface area contributed by atoms with Crippen molar-refractivity contribution in [3.05, 3.63) is 94.7 Å². The lowest BCUT2D eigenvalue weighted by Gasteiger charge is -2.16. The van der Waals surface area contributed by atoms with Crippen LogP contribution in [0.4, 0.5) is 20.2 Å². The Kier molecular flexibility index (Phi) is 5.96. The minimum absolute atomic E-state index is 0.0103. The lowest BCUT2D eigenvalue weighted by atomic mass is 9.99. The van der Waals surface area contributed by atoms with Crippen LogP contribution in [0.25, 0.3) is 5.57 Å². The smallest absolute Gasteiger partial charge is 0.282 e. The molecule has 0 saturated carbocycles. The Labute approximate surface area is 190 Å². The monoisotopic (exact) mass is 448 g/mol. The number of aryl methyl sites for hydroxylation is 2. The van der Waals surface area contributed by atoms with Crippen LogP contribution in [0.5, 0.6) is 5.75 Å². The van der Waals surface area contributed by atoms with Gasteiger partial charge >= 0.3 is 0 Å². The number of imide groups is 1. The van der Waals surface area contributed by atoms with Crippen LogP contribution in [0.1, 0.15) is 23.6 Å². The Bertz CT molecular complexity index is 1280. The van der Waals surface area contributed by atoms with Gasteiger partial charge < -0.3 is 10.1 Å². The highest BCUT2D eigenvalue weighted by Gasteiger charge is 2.41. The molecule has 1 heterocycles. The zero-order valence-electron chi connectivity index (χ0n) is 18.4. The Hall–Kier alpha value is -4.00. The second kappa shape index (κ2) is 8.86.